The van der Waals surface area contributed by atoms with Crippen molar-refractivity contribution in [1.29, 1.82) is 0 Å². The minimum absolute atomic E-state index is 0.134. The van der Waals surface area contributed by atoms with Crippen molar-refractivity contribution in [3.05, 3.63) is 94.0 Å². The Morgan fingerprint density at radius 1 is 0.926 bits per heavy atom. The van der Waals surface area contributed by atoms with E-state index in [2.05, 4.69) is 4.98 Å². The molecule has 0 saturated carbocycles. The monoisotopic (exact) mass is 412 g/mol. The molecule has 27 heavy (non-hydrogen) atoms. The molecule has 4 rings (SSSR count). The number of para-hydroxylation sites is 1. The first-order valence-corrected chi connectivity index (χ1v) is 9.85. The van der Waals surface area contributed by atoms with Crippen LogP contribution >= 0.6 is 34.5 Å². The molecular weight excluding hydrogens is 399 g/mol. The highest BCUT2D eigenvalue weighted by atomic mass is 35.5. The molecule has 3 nitrogen and oxygen atoms in total. The third-order valence-electron chi connectivity index (χ3n) is 4.11. The van der Waals surface area contributed by atoms with Crippen LogP contribution in [-0.2, 0) is 6.54 Å². The van der Waals surface area contributed by atoms with Crippen LogP contribution in [0.3, 0.4) is 0 Å². The lowest BCUT2D eigenvalue weighted by Gasteiger charge is -2.20. The standard InChI is InChI=1S/C21H14Cl2N2OS/c22-16-11-9-15(10-12-16)20(26)25(13-14-5-2-1-3-6-14)21-24-19-17(23)7-4-8-18(19)27-21/h1-12H,13H2. The Kier molecular flexibility index (Phi) is 5.12. The number of halogens is 2. The first-order valence-electron chi connectivity index (χ1n) is 8.28. The second kappa shape index (κ2) is 7.69. The van der Waals surface area contributed by atoms with Gasteiger partial charge in [0.05, 0.1) is 16.3 Å². The molecule has 1 heterocycles. The molecule has 0 fully saturated rings. The van der Waals surface area contributed by atoms with Gasteiger partial charge in [0.15, 0.2) is 5.13 Å². The normalized spacial score (nSPS) is 10.9. The summed E-state index contributed by atoms with van der Waals surface area (Å²) < 4.78 is 0.944. The van der Waals surface area contributed by atoms with Gasteiger partial charge in [-0.2, -0.15) is 0 Å². The lowest BCUT2D eigenvalue weighted by molar-refractivity contribution is 0.0985. The topological polar surface area (TPSA) is 33.2 Å². The van der Waals surface area contributed by atoms with Gasteiger partial charge in [-0.3, -0.25) is 9.69 Å². The number of hydrogen-bond donors (Lipinski definition) is 0. The predicted molar refractivity (Wildman–Crippen MR) is 113 cm³/mol. The molecule has 4 aromatic rings. The SMILES string of the molecule is O=C(c1ccc(Cl)cc1)N(Cc1ccccc1)c1nc2c(Cl)cccc2s1. The van der Waals surface area contributed by atoms with Crippen LogP contribution in [0.4, 0.5) is 5.13 Å². The van der Waals surface area contributed by atoms with E-state index in [9.17, 15) is 4.79 Å². The first-order chi connectivity index (χ1) is 13.1. The average Bonchev–Trinajstić information content (AvgIpc) is 3.12. The average molecular weight is 413 g/mol. The zero-order valence-electron chi connectivity index (χ0n) is 14.1. The summed E-state index contributed by atoms with van der Waals surface area (Å²) in [6.45, 7) is 0.416. The van der Waals surface area contributed by atoms with Crippen molar-refractivity contribution in [3.63, 3.8) is 0 Å². The van der Waals surface area contributed by atoms with Gasteiger partial charge in [0.1, 0.15) is 5.52 Å². The largest absolute Gasteiger partial charge is 0.279 e. The van der Waals surface area contributed by atoms with Crippen LogP contribution in [0.5, 0.6) is 0 Å². The number of aromatic nitrogens is 1. The van der Waals surface area contributed by atoms with Crippen molar-refractivity contribution in [3.8, 4) is 0 Å². The minimum atomic E-state index is -0.134. The maximum atomic E-state index is 13.2. The highest BCUT2D eigenvalue weighted by Crippen LogP contribution is 2.34. The van der Waals surface area contributed by atoms with Crippen LogP contribution in [0.1, 0.15) is 15.9 Å². The van der Waals surface area contributed by atoms with Gasteiger partial charge in [0.2, 0.25) is 0 Å². The summed E-state index contributed by atoms with van der Waals surface area (Å²) in [5, 5.41) is 1.78. The molecule has 0 radical (unpaired) electrons. The van der Waals surface area contributed by atoms with Crippen molar-refractivity contribution in [1.82, 2.24) is 4.98 Å². The van der Waals surface area contributed by atoms with Crippen LogP contribution in [0, 0.1) is 0 Å². The van der Waals surface area contributed by atoms with Gasteiger partial charge in [-0.25, -0.2) is 4.98 Å². The molecule has 3 aromatic carbocycles. The summed E-state index contributed by atoms with van der Waals surface area (Å²) in [7, 11) is 0. The van der Waals surface area contributed by atoms with E-state index in [1.807, 2.05) is 42.5 Å². The second-order valence-electron chi connectivity index (χ2n) is 5.97. The fourth-order valence-electron chi connectivity index (χ4n) is 2.76. The van der Waals surface area contributed by atoms with E-state index < -0.39 is 0 Å². The molecular formula is C21H14Cl2N2OS. The Morgan fingerprint density at radius 2 is 1.67 bits per heavy atom. The van der Waals surface area contributed by atoms with Gasteiger partial charge in [-0.05, 0) is 42.0 Å². The van der Waals surface area contributed by atoms with E-state index in [-0.39, 0.29) is 5.91 Å². The summed E-state index contributed by atoms with van der Waals surface area (Å²) >= 11 is 13.7. The molecule has 6 heteroatoms. The van der Waals surface area contributed by atoms with Crippen molar-refractivity contribution in [2.45, 2.75) is 6.54 Å². The zero-order valence-corrected chi connectivity index (χ0v) is 16.4. The summed E-state index contributed by atoms with van der Waals surface area (Å²) in [6, 6.07) is 22.4. The van der Waals surface area contributed by atoms with E-state index >= 15 is 0 Å². The molecule has 0 atom stereocenters. The Hall–Kier alpha value is -2.40. The van der Waals surface area contributed by atoms with Crippen molar-refractivity contribution >= 4 is 55.8 Å². The van der Waals surface area contributed by atoms with Gasteiger partial charge in [-0.15, -0.1) is 0 Å². The molecule has 0 saturated heterocycles. The Morgan fingerprint density at radius 3 is 2.37 bits per heavy atom. The Labute approximate surface area is 170 Å². The van der Waals surface area contributed by atoms with Crippen LogP contribution in [0.15, 0.2) is 72.8 Å². The molecule has 0 unspecified atom stereocenters. The van der Waals surface area contributed by atoms with Gasteiger partial charge in [0.25, 0.3) is 5.91 Å². The number of rotatable bonds is 4. The third kappa shape index (κ3) is 3.83. The molecule has 1 aromatic heterocycles. The Bertz CT molecular complexity index is 1090. The van der Waals surface area contributed by atoms with Crippen molar-refractivity contribution in [2.24, 2.45) is 0 Å². The van der Waals surface area contributed by atoms with E-state index in [4.69, 9.17) is 23.2 Å². The number of fused-ring (bicyclic) bond motifs is 1. The number of nitrogens with zero attached hydrogens (tertiary/aromatic N) is 2. The Balaban J connectivity index is 1.78. The zero-order chi connectivity index (χ0) is 18.8. The fourth-order valence-corrected chi connectivity index (χ4v) is 4.15. The molecule has 0 aliphatic heterocycles. The van der Waals surface area contributed by atoms with E-state index in [0.717, 1.165) is 10.3 Å². The lowest BCUT2D eigenvalue weighted by atomic mass is 10.1. The number of thiazole rings is 1. The van der Waals surface area contributed by atoms with Crippen LogP contribution < -0.4 is 4.90 Å². The first kappa shape index (κ1) is 18.0. The van der Waals surface area contributed by atoms with E-state index in [1.54, 1.807) is 35.2 Å². The molecule has 1 amide bonds. The van der Waals surface area contributed by atoms with Gasteiger partial charge in [-0.1, -0.05) is 70.9 Å². The number of anilines is 1. The number of carbonyl (C=O) groups is 1. The van der Waals surface area contributed by atoms with Gasteiger partial charge >= 0.3 is 0 Å². The quantitative estimate of drug-likeness (QED) is 0.385. The van der Waals surface area contributed by atoms with Crippen LogP contribution in [-0.4, -0.2) is 10.9 Å². The molecule has 0 bridgehead atoms. The van der Waals surface area contributed by atoms with Crippen LogP contribution in [0.2, 0.25) is 10.0 Å². The van der Waals surface area contributed by atoms with Gasteiger partial charge in [0, 0.05) is 10.6 Å². The maximum Gasteiger partial charge on any atom is 0.260 e. The molecule has 0 aliphatic rings. The molecule has 0 aliphatic carbocycles. The van der Waals surface area contributed by atoms with Gasteiger partial charge < -0.3 is 0 Å². The maximum absolute atomic E-state index is 13.2. The summed E-state index contributed by atoms with van der Waals surface area (Å²) in [5.41, 5.74) is 2.28. The molecule has 0 spiro atoms. The predicted octanol–water partition coefficient (Wildman–Crippen LogP) is 6.45. The number of amides is 1. The summed E-state index contributed by atoms with van der Waals surface area (Å²) in [6.07, 6.45) is 0. The molecule has 134 valence electrons. The summed E-state index contributed by atoms with van der Waals surface area (Å²) in [4.78, 5) is 19.6. The van der Waals surface area contributed by atoms with Crippen molar-refractivity contribution < 1.29 is 4.79 Å². The second-order valence-corrected chi connectivity index (χ2v) is 7.82. The van der Waals surface area contributed by atoms with E-state index in [1.165, 1.54) is 11.3 Å². The summed E-state index contributed by atoms with van der Waals surface area (Å²) in [5.74, 6) is -0.134. The highest BCUT2D eigenvalue weighted by molar-refractivity contribution is 7.22. The van der Waals surface area contributed by atoms with Crippen molar-refractivity contribution in [2.75, 3.05) is 4.90 Å². The number of carbonyl (C=O) groups excluding carboxylic acids is 1. The fraction of sp³-hybridized carbons (Fsp3) is 0.0476. The third-order valence-corrected chi connectivity index (χ3v) is 5.71. The van der Waals surface area contributed by atoms with Crippen LogP contribution in [0.25, 0.3) is 10.2 Å². The minimum Gasteiger partial charge on any atom is -0.279 e. The molecule has 0 N–H and O–H groups in total. The smallest absolute Gasteiger partial charge is 0.260 e. The van der Waals surface area contributed by atoms with E-state index in [0.29, 0.717) is 32.8 Å². The highest BCUT2D eigenvalue weighted by Gasteiger charge is 2.22. The number of hydrogen-bond acceptors (Lipinski definition) is 3. The lowest BCUT2D eigenvalue weighted by Crippen LogP contribution is -2.30. The number of benzene rings is 3.